The van der Waals surface area contributed by atoms with Crippen molar-refractivity contribution in [2.75, 3.05) is 36.1 Å². The van der Waals surface area contributed by atoms with Crippen LogP contribution in [0.15, 0.2) is 71.0 Å². The molecule has 2 heterocycles. The molecule has 1 aliphatic heterocycles. The van der Waals surface area contributed by atoms with E-state index in [1.54, 1.807) is 48.3 Å². The second-order valence-corrected chi connectivity index (χ2v) is 9.14. The van der Waals surface area contributed by atoms with E-state index in [1.165, 1.54) is 0 Å². The summed E-state index contributed by atoms with van der Waals surface area (Å²) in [7, 11) is 0. The average Bonchev–Trinajstić information content (AvgIpc) is 2.84. The fourth-order valence-electron chi connectivity index (χ4n) is 3.84. The maximum Gasteiger partial charge on any atom is 0.255 e. The van der Waals surface area contributed by atoms with Gasteiger partial charge in [-0.2, -0.15) is 0 Å². The molecule has 0 saturated carbocycles. The lowest BCUT2D eigenvalue weighted by Gasteiger charge is -2.34. The van der Waals surface area contributed by atoms with Gasteiger partial charge in [-0.25, -0.2) is 4.98 Å². The van der Waals surface area contributed by atoms with Crippen LogP contribution in [0, 0.1) is 5.92 Å². The molecule has 6 nitrogen and oxygen atoms in total. The number of hydrogen-bond donors (Lipinski definition) is 2. The van der Waals surface area contributed by atoms with E-state index < -0.39 is 0 Å². The zero-order valence-electron chi connectivity index (χ0n) is 18.9. The molecule has 8 heteroatoms. The van der Waals surface area contributed by atoms with Crippen molar-refractivity contribution < 1.29 is 4.79 Å². The molecule has 0 bridgehead atoms. The third kappa shape index (κ3) is 7.11. The number of thioether (sulfide) groups is 1. The second kappa shape index (κ2) is 12.5. The number of anilines is 2. The quantitative estimate of drug-likeness (QED) is 0.260. The summed E-state index contributed by atoms with van der Waals surface area (Å²) in [5.41, 5.74) is 2.14. The average molecular weight is 484 g/mol. The molecule has 3 rings (SSSR count). The standard InChI is InChI=1S/C25H30ClN5OS/c1-4-21(16-27-2)28-11-8-18-9-12-31(13-10-18)24-23(15-22(33-3)17-29-24)30-25(32)19-6-5-7-20(26)14-19/h4-7,14-18,28H,1-2,8-13H2,3H3,(H,30,32)/b21-16+. The summed E-state index contributed by atoms with van der Waals surface area (Å²) in [6, 6.07) is 8.94. The number of carbonyl (C=O) groups excluding carboxylic acids is 1. The Morgan fingerprint density at radius 2 is 2.15 bits per heavy atom. The van der Waals surface area contributed by atoms with E-state index >= 15 is 0 Å². The maximum atomic E-state index is 12.8. The predicted molar refractivity (Wildman–Crippen MR) is 141 cm³/mol. The fraction of sp³-hybridized carbons (Fsp3) is 0.320. The number of rotatable bonds is 10. The van der Waals surface area contributed by atoms with E-state index in [2.05, 4.69) is 33.8 Å². The van der Waals surface area contributed by atoms with Gasteiger partial charge in [0, 0.05) is 47.5 Å². The zero-order valence-corrected chi connectivity index (χ0v) is 20.5. The first-order chi connectivity index (χ1) is 16.0. The Kier molecular flexibility index (Phi) is 9.39. The van der Waals surface area contributed by atoms with Crippen molar-refractivity contribution in [2.45, 2.75) is 24.2 Å². The molecule has 2 N–H and O–H groups in total. The summed E-state index contributed by atoms with van der Waals surface area (Å²) in [6.45, 7) is 9.93. The Morgan fingerprint density at radius 1 is 1.36 bits per heavy atom. The van der Waals surface area contributed by atoms with Crippen LogP contribution in [0.3, 0.4) is 0 Å². The summed E-state index contributed by atoms with van der Waals surface area (Å²) in [6.07, 6.45) is 10.5. The minimum Gasteiger partial charge on any atom is -0.384 e. The number of aliphatic imine (C=N–C) groups is 1. The first kappa shape index (κ1) is 24.9. The summed E-state index contributed by atoms with van der Waals surface area (Å²) < 4.78 is 0. The third-order valence-corrected chi connectivity index (χ3v) is 6.59. The topological polar surface area (TPSA) is 69.6 Å². The summed E-state index contributed by atoms with van der Waals surface area (Å²) in [5, 5.41) is 6.93. The number of benzene rings is 1. The van der Waals surface area contributed by atoms with E-state index in [0.29, 0.717) is 16.5 Å². The van der Waals surface area contributed by atoms with Gasteiger partial charge in [0.1, 0.15) is 0 Å². The van der Waals surface area contributed by atoms with E-state index in [-0.39, 0.29) is 5.91 Å². The smallest absolute Gasteiger partial charge is 0.255 e. The highest BCUT2D eigenvalue weighted by Crippen LogP contribution is 2.32. The first-order valence-electron chi connectivity index (χ1n) is 10.9. The molecule has 174 valence electrons. The normalized spacial score (nSPS) is 14.6. The number of carbonyl (C=O) groups is 1. The summed E-state index contributed by atoms with van der Waals surface area (Å²) in [5.74, 6) is 1.25. The minimum absolute atomic E-state index is 0.195. The van der Waals surface area contributed by atoms with Gasteiger partial charge >= 0.3 is 0 Å². The molecule has 2 aromatic rings. The number of pyridine rings is 1. The minimum atomic E-state index is -0.195. The van der Waals surface area contributed by atoms with Crippen molar-refractivity contribution >= 4 is 47.5 Å². The Bertz CT molecular complexity index is 1020. The number of aromatic nitrogens is 1. The van der Waals surface area contributed by atoms with Crippen molar-refractivity contribution in [3.8, 4) is 0 Å². The van der Waals surface area contributed by atoms with Crippen LogP contribution < -0.4 is 15.5 Å². The van der Waals surface area contributed by atoms with Crippen LogP contribution in [0.25, 0.3) is 0 Å². The number of nitrogens with zero attached hydrogens (tertiary/aromatic N) is 3. The maximum absolute atomic E-state index is 12.8. The number of amides is 1. The van der Waals surface area contributed by atoms with Crippen molar-refractivity contribution in [3.63, 3.8) is 0 Å². The molecule has 1 aromatic carbocycles. The molecule has 0 unspecified atom stereocenters. The van der Waals surface area contributed by atoms with Crippen molar-refractivity contribution in [2.24, 2.45) is 10.9 Å². The molecule has 1 saturated heterocycles. The monoisotopic (exact) mass is 483 g/mol. The third-order valence-electron chi connectivity index (χ3n) is 5.66. The van der Waals surface area contributed by atoms with Gasteiger partial charge in [0.25, 0.3) is 5.91 Å². The van der Waals surface area contributed by atoms with Crippen molar-refractivity contribution in [1.29, 1.82) is 0 Å². The molecule has 0 radical (unpaired) electrons. The van der Waals surface area contributed by atoms with Crippen LogP contribution in [0.5, 0.6) is 0 Å². The molecule has 1 aliphatic rings. The van der Waals surface area contributed by atoms with E-state index in [0.717, 1.165) is 61.0 Å². The zero-order chi connectivity index (χ0) is 23.6. The number of halogens is 1. The molecule has 0 atom stereocenters. The Labute approximate surface area is 205 Å². The van der Waals surface area contributed by atoms with Gasteiger partial charge in [-0.1, -0.05) is 24.2 Å². The van der Waals surface area contributed by atoms with Crippen LogP contribution >= 0.6 is 23.4 Å². The van der Waals surface area contributed by atoms with E-state index in [1.807, 2.05) is 18.5 Å². The Balaban J connectivity index is 1.64. The number of nitrogens with one attached hydrogen (secondary N) is 2. The molecule has 33 heavy (non-hydrogen) atoms. The Morgan fingerprint density at radius 3 is 2.82 bits per heavy atom. The molecule has 1 aromatic heterocycles. The molecular weight excluding hydrogens is 454 g/mol. The van der Waals surface area contributed by atoms with Crippen molar-refractivity contribution in [3.05, 3.63) is 71.7 Å². The highest BCUT2D eigenvalue weighted by molar-refractivity contribution is 7.98. The molecule has 1 fully saturated rings. The second-order valence-electron chi connectivity index (χ2n) is 7.83. The molecule has 0 aliphatic carbocycles. The predicted octanol–water partition coefficient (Wildman–Crippen LogP) is 5.63. The molecular formula is C25H30ClN5OS. The van der Waals surface area contributed by atoms with Crippen LogP contribution in [0.2, 0.25) is 5.02 Å². The van der Waals surface area contributed by atoms with E-state index in [4.69, 9.17) is 16.6 Å². The highest BCUT2D eigenvalue weighted by atomic mass is 35.5. The van der Waals surface area contributed by atoms with Crippen LogP contribution in [-0.2, 0) is 0 Å². The van der Waals surface area contributed by atoms with Crippen LogP contribution in [-0.4, -0.2) is 43.5 Å². The first-order valence-corrected chi connectivity index (χ1v) is 12.5. The van der Waals surface area contributed by atoms with Gasteiger partial charge in [-0.3, -0.25) is 9.79 Å². The SMILES string of the molecule is C=C/C(=C\N=C)NCCC1CCN(c2ncc(SC)cc2NC(=O)c2cccc(Cl)c2)CC1. The molecule has 0 spiro atoms. The lowest BCUT2D eigenvalue weighted by Crippen LogP contribution is -2.35. The largest absolute Gasteiger partial charge is 0.384 e. The summed E-state index contributed by atoms with van der Waals surface area (Å²) >= 11 is 7.66. The van der Waals surface area contributed by atoms with E-state index in [9.17, 15) is 4.79 Å². The van der Waals surface area contributed by atoms with Crippen LogP contribution in [0.4, 0.5) is 11.5 Å². The Hall–Kier alpha value is -2.77. The summed E-state index contributed by atoms with van der Waals surface area (Å²) in [4.78, 5) is 24.6. The van der Waals surface area contributed by atoms with Crippen molar-refractivity contribution in [1.82, 2.24) is 10.3 Å². The lowest BCUT2D eigenvalue weighted by atomic mass is 9.93. The van der Waals surface area contributed by atoms with Gasteiger partial charge in [0.05, 0.1) is 11.4 Å². The molecule has 1 amide bonds. The number of allylic oxidation sites excluding steroid dienone is 1. The van der Waals surface area contributed by atoms with Gasteiger partial charge in [-0.15, -0.1) is 11.8 Å². The van der Waals surface area contributed by atoms with Gasteiger partial charge < -0.3 is 15.5 Å². The van der Waals surface area contributed by atoms with Gasteiger partial charge in [0.15, 0.2) is 5.82 Å². The number of hydrogen-bond acceptors (Lipinski definition) is 6. The van der Waals surface area contributed by atoms with Gasteiger partial charge in [-0.05, 0) is 68.5 Å². The van der Waals surface area contributed by atoms with Crippen LogP contribution in [0.1, 0.15) is 29.6 Å². The number of piperidine rings is 1. The highest BCUT2D eigenvalue weighted by Gasteiger charge is 2.23. The fourth-order valence-corrected chi connectivity index (χ4v) is 4.43. The van der Waals surface area contributed by atoms with Gasteiger partial charge in [0.2, 0.25) is 0 Å². The lowest BCUT2D eigenvalue weighted by molar-refractivity contribution is 0.102.